The fourth-order valence-corrected chi connectivity index (χ4v) is 1.40. The fraction of sp³-hybridized carbons (Fsp3) is 0.111. The molecule has 0 atom stereocenters. The van der Waals surface area contributed by atoms with E-state index in [0.717, 1.165) is 6.20 Å². The van der Waals surface area contributed by atoms with E-state index in [4.69, 9.17) is 5.73 Å². The highest BCUT2D eigenvalue weighted by Crippen LogP contribution is 2.34. The van der Waals surface area contributed by atoms with Gasteiger partial charge in [0.2, 0.25) is 5.91 Å². The second-order valence-electron chi connectivity index (χ2n) is 2.94. The number of hydrogen-bond donors (Lipinski definition) is 1. The molecule has 6 heteroatoms. The SMILES string of the molecule is NC(=O)c1ccnc2c1C(C(F)F)=C[N]2. The summed E-state index contributed by atoms with van der Waals surface area (Å²) >= 11 is 0. The quantitative estimate of drug-likeness (QED) is 0.792. The molecule has 15 heavy (non-hydrogen) atoms. The molecule has 0 spiro atoms. The Morgan fingerprint density at radius 2 is 2.20 bits per heavy atom. The second-order valence-corrected chi connectivity index (χ2v) is 2.94. The number of allylic oxidation sites excluding steroid dienone is 1. The number of pyridine rings is 1. The molecular formula is C9H6F2N3O. The maximum absolute atomic E-state index is 12.6. The number of nitrogens with two attached hydrogens (primary N) is 1. The molecule has 0 bridgehead atoms. The molecule has 1 aliphatic heterocycles. The summed E-state index contributed by atoms with van der Waals surface area (Å²) in [6.45, 7) is 0. The van der Waals surface area contributed by atoms with Gasteiger partial charge in [0.1, 0.15) is 0 Å². The van der Waals surface area contributed by atoms with Gasteiger partial charge in [-0.05, 0) is 6.07 Å². The average molecular weight is 210 g/mol. The Bertz CT molecular complexity index is 457. The summed E-state index contributed by atoms with van der Waals surface area (Å²) in [5, 5.41) is 3.68. The van der Waals surface area contributed by atoms with Gasteiger partial charge in [-0.2, -0.15) is 0 Å². The Hall–Kier alpha value is -1.98. The molecule has 1 radical (unpaired) electrons. The monoisotopic (exact) mass is 210 g/mol. The molecule has 0 saturated heterocycles. The van der Waals surface area contributed by atoms with E-state index in [1.807, 2.05) is 0 Å². The maximum atomic E-state index is 12.6. The van der Waals surface area contributed by atoms with Gasteiger partial charge in [0, 0.05) is 23.5 Å². The van der Waals surface area contributed by atoms with Gasteiger partial charge in [0.15, 0.2) is 5.82 Å². The maximum Gasteiger partial charge on any atom is 0.266 e. The summed E-state index contributed by atoms with van der Waals surface area (Å²) in [5.74, 6) is -0.654. The van der Waals surface area contributed by atoms with Gasteiger partial charge < -0.3 is 5.73 Å². The molecule has 0 aromatic carbocycles. The van der Waals surface area contributed by atoms with E-state index in [9.17, 15) is 13.6 Å². The van der Waals surface area contributed by atoms with Crippen LogP contribution >= 0.6 is 0 Å². The molecule has 1 amide bonds. The van der Waals surface area contributed by atoms with Crippen molar-refractivity contribution in [1.29, 1.82) is 0 Å². The number of halogens is 2. The number of nitrogens with zero attached hydrogens (tertiary/aromatic N) is 2. The lowest BCUT2D eigenvalue weighted by molar-refractivity contribution is 0.1000. The van der Waals surface area contributed by atoms with Crippen LogP contribution in [-0.2, 0) is 0 Å². The summed E-state index contributed by atoms with van der Waals surface area (Å²) in [5.41, 5.74) is 4.82. The van der Waals surface area contributed by atoms with Crippen LogP contribution in [0.15, 0.2) is 18.5 Å². The third kappa shape index (κ3) is 1.43. The van der Waals surface area contributed by atoms with Crippen molar-refractivity contribution in [3.8, 4) is 0 Å². The molecule has 1 aliphatic rings. The van der Waals surface area contributed by atoms with Crippen LogP contribution in [0.4, 0.5) is 14.6 Å². The van der Waals surface area contributed by atoms with E-state index < -0.39 is 12.3 Å². The van der Waals surface area contributed by atoms with Gasteiger partial charge in [-0.3, -0.25) is 4.79 Å². The van der Waals surface area contributed by atoms with Gasteiger partial charge in [-0.1, -0.05) is 0 Å². The van der Waals surface area contributed by atoms with Crippen molar-refractivity contribution in [2.45, 2.75) is 6.43 Å². The van der Waals surface area contributed by atoms with Crippen LogP contribution in [0, 0.1) is 0 Å². The van der Waals surface area contributed by atoms with E-state index >= 15 is 0 Å². The first kappa shape index (κ1) is 9.57. The molecular weight excluding hydrogens is 204 g/mol. The third-order valence-corrected chi connectivity index (χ3v) is 2.05. The van der Waals surface area contributed by atoms with Crippen LogP contribution in [0.1, 0.15) is 15.9 Å². The minimum atomic E-state index is -2.70. The minimum absolute atomic E-state index is 0.0211. The molecule has 1 aromatic rings. The number of fused-ring (bicyclic) bond motifs is 1. The van der Waals surface area contributed by atoms with E-state index in [-0.39, 0.29) is 22.5 Å². The Kier molecular flexibility index (Phi) is 2.11. The van der Waals surface area contributed by atoms with Crippen molar-refractivity contribution in [3.05, 3.63) is 29.6 Å². The smallest absolute Gasteiger partial charge is 0.266 e. The zero-order valence-corrected chi connectivity index (χ0v) is 7.45. The van der Waals surface area contributed by atoms with E-state index in [2.05, 4.69) is 10.3 Å². The number of carbonyl (C=O) groups is 1. The second kappa shape index (κ2) is 3.30. The molecule has 2 rings (SSSR count). The van der Waals surface area contributed by atoms with Crippen molar-refractivity contribution >= 4 is 17.3 Å². The zero-order valence-electron chi connectivity index (χ0n) is 7.45. The third-order valence-electron chi connectivity index (χ3n) is 2.05. The fourth-order valence-electron chi connectivity index (χ4n) is 1.40. The highest BCUT2D eigenvalue weighted by molar-refractivity contribution is 6.01. The highest BCUT2D eigenvalue weighted by Gasteiger charge is 2.28. The Labute approximate surface area is 83.8 Å². The van der Waals surface area contributed by atoms with Crippen LogP contribution in [-0.4, -0.2) is 17.3 Å². The number of amides is 1. The van der Waals surface area contributed by atoms with Crippen LogP contribution in [0.25, 0.3) is 5.57 Å². The van der Waals surface area contributed by atoms with Gasteiger partial charge in [0.25, 0.3) is 6.43 Å². The molecule has 2 N–H and O–H groups in total. The van der Waals surface area contributed by atoms with Crippen LogP contribution in [0.3, 0.4) is 0 Å². The Balaban J connectivity index is 2.60. The lowest BCUT2D eigenvalue weighted by atomic mass is 10.0. The minimum Gasteiger partial charge on any atom is -0.366 e. The molecule has 2 heterocycles. The number of aromatic nitrogens is 1. The van der Waals surface area contributed by atoms with E-state index in [1.165, 1.54) is 12.3 Å². The summed E-state index contributed by atoms with van der Waals surface area (Å²) < 4.78 is 25.1. The number of rotatable bonds is 2. The van der Waals surface area contributed by atoms with Crippen molar-refractivity contribution in [3.63, 3.8) is 0 Å². The number of hydrogen-bond acceptors (Lipinski definition) is 2. The van der Waals surface area contributed by atoms with Crippen LogP contribution in [0.5, 0.6) is 0 Å². The van der Waals surface area contributed by atoms with Crippen LogP contribution in [0.2, 0.25) is 0 Å². The number of primary amides is 1. The van der Waals surface area contributed by atoms with Gasteiger partial charge in [0.05, 0.1) is 5.56 Å². The summed E-state index contributed by atoms with van der Waals surface area (Å²) in [7, 11) is 0. The van der Waals surface area contributed by atoms with Crippen molar-refractivity contribution < 1.29 is 13.6 Å². The molecule has 0 saturated carbocycles. The number of alkyl halides is 2. The average Bonchev–Trinajstić information content (AvgIpc) is 2.60. The van der Waals surface area contributed by atoms with Gasteiger partial charge >= 0.3 is 0 Å². The zero-order chi connectivity index (χ0) is 11.0. The lowest BCUT2D eigenvalue weighted by Crippen LogP contribution is -2.14. The van der Waals surface area contributed by atoms with E-state index in [0.29, 0.717) is 0 Å². The topological polar surface area (TPSA) is 70.1 Å². The standard InChI is InChI=1S/C9H6F2N3O/c10-7(11)5-3-14-9-6(5)4(8(12)15)1-2-13-9/h1-3,7H,(H2,12,15). The van der Waals surface area contributed by atoms with Gasteiger partial charge in [-0.25, -0.2) is 19.1 Å². The predicted octanol–water partition coefficient (Wildman–Crippen LogP) is 1.04. The first-order valence-electron chi connectivity index (χ1n) is 4.09. The van der Waals surface area contributed by atoms with E-state index in [1.54, 1.807) is 0 Å². The van der Waals surface area contributed by atoms with Crippen molar-refractivity contribution in [2.24, 2.45) is 5.73 Å². The predicted molar refractivity (Wildman–Crippen MR) is 48.5 cm³/mol. The first-order chi connectivity index (χ1) is 7.11. The molecule has 0 fully saturated rings. The Morgan fingerprint density at radius 1 is 1.47 bits per heavy atom. The number of carbonyl (C=O) groups excluding carboxylic acids is 1. The highest BCUT2D eigenvalue weighted by atomic mass is 19.3. The lowest BCUT2D eigenvalue weighted by Gasteiger charge is -2.06. The molecule has 0 unspecified atom stereocenters. The first-order valence-corrected chi connectivity index (χ1v) is 4.09. The molecule has 77 valence electrons. The van der Waals surface area contributed by atoms with Crippen molar-refractivity contribution in [1.82, 2.24) is 10.3 Å². The molecule has 1 aromatic heterocycles. The normalized spacial score (nSPS) is 13.4. The largest absolute Gasteiger partial charge is 0.366 e. The van der Waals surface area contributed by atoms with Crippen molar-refractivity contribution in [2.75, 3.05) is 0 Å². The Morgan fingerprint density at radius 3 is 2.80 bits per heavy atom. The summed E-state index contributed by atoms with van der Waals surface area (Å²) in [6.07, 6.45) is -0.378. The summed E-state index contributed by atoms with van der Waals surface area (Å²) in [4.78, 5) is 14.8. The van der Waals surface area contributed by atoms with Gasteiger partial charge in [-0.15, -0.1) is 0 Å². The molecule has 0 aliphatic carbocycles. The molecule has 4 nitrogen and oxygen atoms in total. The van der Waals surface area contributed by atoms with Crippen LogP contribution < -0.4 is 11.1 Å². The summed E-state index contributed by atoms with van der Waals surface area (Å²) in [6, 6.07) is 1.30.